The summed E-state index contributed by atoms with van der Waals surface area (Å²) >= 11 is 1.40. The van der Waals surface area contributed by atoms with Gasteiger partial charge in [-0.1, -0.05) is 11.3 Å². The molecule has 2 N–H and O–H groups in total. The molecule has 3 aromatic rings. The first kappa shape index (κ1) is 15.8. The molecule has 0 saturated carbocycles. The molecule has 5 nitrogen and oxygen atoms in total. The molecule has 0 unspecified atom stereocenters. The van der Waals surface area contributed by atoms with Gasteiger partial charge in [0.1, 0.15) is 5.03 Å². The van der Waals surface area contributed by atoms with Crippen LogP contribution in [-0.2, 0) is 6.18 Å². The van der Waals surface area contributed by atoms with Crippen molar-refractivity contribution in [2.45, 2.75) is 15.5 Å². The Morgan fingerprint density at radius 2 is 1.61 bits per heavy atom. The minimum atomic E-state index is -4.83. The molecule has 0 saturated heterocycles. The molecule has 0 aliphatic rings. The molecule has 0 aliphatic carbocycles. The van der Waals surface area contributed by atoms with Crippen LogP contribution in [0.4, 0.5) is 27.1 Å². The summed E-state index contributed by atoms with van der Waals surface area (Å²) in [5.74, 6) is -2.54. The zero-order valence-electron chi connectivity index (χ0n) is 10.7. The van der Waals surface area contributed by atoms with Gasteiger partial charge in [0, 0.05) is 12.1 Å². The smallest absolute Gasteiger partial charge is 0.374 e. The van der Waals surface area contributed by atoms with E-state index in [1.165, 1.54) is 0 Å². The lowest BCUT2D eigenvalue weighted by Crippen LogP contribution is -2.11. The molecule has 0 radical (unpaired) electrons. The largest absolute Gasteiger partial charge is 0.436 e. The first-order chi connectivity index (χ1) is 10.7. The van der Waals surface area contributed by atoms with Gasteiger partial charge in [0.2, 0.25) is 5.13 Å². The number of aromatic nitrogens is 4. The fourth-order valence-electron chi connectivity index (χ4n) is 1.64. The maximum Gasteiger partial charge on any atom is 0.436 e. The third-order valence-electron chi connectivity index (χ3n) is 2.55. The molecule has 0 spiro atoms. The van der Waals surface area contributed by atoms with Crippen LogP contribution in [-0.4, -0.2) is 20.2 Å². The molecule has 3 rings (SSSR count). The Kier molecular flexibility index (Phi) is 3.80. The monoisotopic (exact) mass is 365 g/mol. The summed E-state index contributed by atoms with van der Waals surface area (Å²) in [6, 6.07) is 1.24. The topological polar surface area (TPSA) is 77.6 Å². The van der Waals surface area contributed by atoms with E-state index in [0.29, 0.717) is 23.9 Å². The fourth-order valence-corrected chi connectivity index (χ4v) is 3.29. The van der Waals surface area contributed by atoms with Crippen LogP contribution < -0.4 is 5.73 Å². The Balaban J connectivity index is 2.18. The molecule has 120 valence electrons. The number of nitrogen functional groups attached to an aromatic ring is 1. The zero-order valence-corrected chi connectivity index (χ0v) is 12.4. The van der Waals surface area contributed by atoms with Crippen molar-refractivity contribution in [1.82, 2.24) is 20.2 Å². The van der Waals surface area contributed by atoms with Crippen molar-refractivity contribution in [1.29, 1.82) is 0 Å². The molecule has 0 atom stereocenters. The van der Waals surface area contributed by atoms with E-state index in [-0.39, 0.29) is 15.0 Å². The summed E-state index contributed by atoms with van der Waals surface area (Å²) in [6.45, 7) is 0. The van der Waals surface area contributed by atoms with Gasteiger partial charge in [0.15, 0.2) is 21.7 Å². The highest BCUT2D eigenvalue weighted by molar-refractivity contribution is 8.01. The van der Waals surface area contributed by atoms with Crippen molar-refractivity contribution < 1.29 is 22.0 Å². The summed E-state index contributed by atoms with van der Waals surface area (Å²) in [4.78, 5) is 7.08. The average Bonchev–Trinajstić information content (AvgIpc) is 2.84. The number of nitrogens with two attached hydrogens (primary N) is 1. The van der Waals surface area contributed by atoms with Crippen LogP contribution in [0.25, 0.3) is 11.0 Å². The van der Waals surface area contributed by atoms with Crippen LogP contribution in [0.3, 0.4) is 0 Å². The molecular formula is C11H4F5N5S2. The number of halogens is 5. The van der Waals surface area contributed by atoms with Crippen molar-refractivity contribution in [3.05, 3.63) is 29.5 Å². The third kappa shape index (κ3) is 3.17. The summed E-state index contributed by atoms with van der Waals surface area (Å²) in [7, 11) is 0. The van der Waals surface area contributed by atoms with Gasteiger partial charge in [0.25, 0.3) is 0 Å². The minimum absolute atomic E-state index is 0.0722. The fraction of sp³-hybridized carbons (Fsp3) is 0.0909. The van der Waals surface area contributed by atoms with E-state index in [4.69, 9.17) is 5.73 Å². The molecule has 2 heterocycles. The summed E-state index contributed by atoms with van der Waals surface area (Å²) < 4.78 is 65.9. The first-order valence-corrected chi connectivity index (χ1v) is 7.38. The normalized spacial score (nSPS) is 12.0. The van der Waals surface area contributed by atoms with Gasteiger partial charge in [0.05, 0.1) is 11.0 Å². The van der Waals surface area contributed by atoms with Crippen molar-refractivity contribution in [3.63, 3.8) is 0 Å². The molecular weight excluding hydrogens is 361 g/mol. The number of fused-ring (bicyclic) bond motifs is 1. The second kappa shape index (κ2) is 5.53. The molecule has 0 amide bonds. The maximum absolute atomic E-state index is 13.2. The molecule has 1 aromatic carbocycles. The Bertz CT molecular complexity index is 894. The number of hydrogen-bond acceptors (Lipinski definition) is 7. The lowest BCUT2D eigenvalue weighted by molar-refractivity contribution is -0.143. The van der Waals surface area contributed by atoms with Crippen LogP contribution >= 0.6 is 23.1 Å². The number of hydrogen-bond donors (Lipinski definition) is 1. The second-order valence-corrected chi connectivity index (χ2v) is 6.38. The summed E-state index contributed by atoms with van der Waals surface area (Å²) in [6.07, 6.45) is -4.83. The van der Waals surface area contributed by atoms with Gasteiger partial charge < -0.3 is 5.73 Å². The van der Waals surface area contributed by atoms with E-state index >= 15 is 0 Å². The Morgan fingerprint density at radius 3 is 2.13 bits per heavy atom. The van der Waals surface area contributed by atoms with E-state index < -0.39 is 34.0 Å². The SMILES string of the molecule is Nc1nnc(Sc2nc3cc(F)c(F)cc3nc2C(F)(F)F)s1. The van der Waals surface area contributed by atoms with E-state index in [2.05, 4.69) is 20.2 Å². The molecule has 23 heavy (non-hydrogen) atoms. The van der Waals surface area contributed by atoms with Gasteiger partial charge >= 0.3 is 6.18 Å². The minimum Gasteiger partial charge on any atom is -0.374 e. The average molecular weight is 365 g/mol. The highest BCUT2D eigenvalue weighted by atomic mass is 32.2. The number of alkyl halides is 3. The van der Waals surface area contributed by atoms with Crippen LogP contribution in [0.1, 0.15) is 5.69 Å². The predicted octanol–water partition coefficient (Wildman–Crippen LogP) is 3.51. The number of benzene rings is 1. The van der Waals surface area contributed by atoms with Crippen molar-refractivity contribution in [2.24, 2.45) is 0 Å². The van der Waals surface area contributed by atoms with Crippen LogP contribution in [0.2, 0.25) is 0 Å². The highest BCUT2D eigenvalue weighted by Crippen LogP contribution is 2.39. The van der Waals surface area contributed by atoms with E-state index in [1.54, 1.807) is 0 Å². The van der Waals surface area contributed by atoms with E-state index in [0.717, 1.165) is 11.3 Å². The zero-order chi connectivity index (χ0) is 16.8. The maximum atomic E-state index is 13.2. The number of nitrogens with zero attached hydrogens (tertiary/aromatic N) is 4. The first-order valence-electron chi connectivity index (χ1n) is 5.75. The van der Waals surface area contributed by atoms with Crippen LogP contribution in [0.5, 0.6) is 0 Å². The standard InChI is InChI=1S/C11H4F5N5S2/c12-3-1-5-6(2-4(3)13)19-8(7(18-5)11(14,15)16)22-10-21-20-9(17)23-10/h1-2H,(H2,17,20). The van der Waals surface area contributed by atoms with E-state index in [9.17, 15) is 22.0 Å². The summed E-state index contributed by atoms with van der Waals surface area (Å²) in [5, 5.41) is 6.59. The number of anilines is 1. The Hall–Kier alpha value is -2.08. The Labute approximate surface area is 132 Å². The van der Waals surface area contributed by atoms with Gasteiger partial charge in [-0.3, -0.25) is 0 Å². The highest BCUT2D eigenvalue weighted by Gasteiger charge is 2.37. The van der Waals surface area contributed by atoms with Crippen molar-refractivity contribution in [3.8, 4) is 0 Å². The van der Waals surface area contributed by atoms with Gasteiger partial charge in [-0.15, -0.1) is 10.2 Å². The molecule has 2 aromatic heterocycles. The lowest BCUT2D eigenvalue weighted by atomic mass is 10.2. The molecule has 0 bridgehead atoms. The van der Waals surface area contributed by atoms with Crippen molar-refractivity contribution in [2.75, 3.05) is 5.73 Å². The molecule has 0 aliphatic heterocycles. The van der Waals surface area contributed by atoms with E-state index in [1.807, 2.05) is 0 Å². The third-order valence-corrected chi connectivity index (χ3v) is 4.33. The lowest BCUT2D eigenvalue weighted by Gasteiger charge is -2.11. The number of rotatable bonds is 2. The van der Waals surface area contributed by atoms with Gasteiger partial charge in [-0.2, -0.15) is 13.2 Å². The molecule has 12 heteroatoms. The quantitative estimate of drug-likeness (QED) is 0.701. The second-order valence-electron chi connectivity index (χ2n) is 4.14. The summed E-state index contributed by atoms with van der Waals surface area (Å²) in [5.41, 5.74) is 3.42. The van der Waals surface area contributed by atoms with Crippen LogP contribution in [0.15, 0.2) is 21.5 Å². The Morgan fingerprint density at radius 1 is 1.00 bits per heavy atom. The predicted molar refractivity (Wildman–Crippen MR) is 72.9 cm³/mol. The molecule has 0 fully saturated rings. The van der Waals surface area contributed by atoms with Crippen LogP contribution in [0, 0.1) is 11.6 Å². The van der Waals surface area contributed by atoms with Gasteiger partial charge in [-0.25, -0.2) is 18.7 Å². The van der Waals surface area contributed by atoms with Gasteiger partial charge in [-0.05, 0) is 11.8 Å². The van der Waals surface area contributed by atoms with Crippen molar-refractivity contribution >= 4 is 39.3 Å².